The van der Waals surface area contributed by atoms with Gasteiger partial charge in [-0.2, -0.15) is 0 Å². The Kier molecular flexibility index (Phi) is 7.22. The summed E-state index contributed by atoms with van der Waals surface area (Å²) < 4.78 is 30.9. The number of halogens is 1. The molecule has 31 heavy (non-hydrogen) atoms. The van der Waals surface area contributed by atoms with E-state index in [1.54, 1.807) is 19.2 Å². The van der Waals surface area contributed by atoms with Gasteiger partial charge in [0.1, 0.15) is 5.82 Å². The number of fused-ring (bicyclic) bond motifs is 1. The van der Waals surface area contributed by atoms with Gasteiger partial charge in [-0.3, -0.25) is 9.89 Å². The van der Waals surface area contributed by atoms with Crippen LogP contribution >= 0.6 is 0 Å². The highest BCUT2D eigenvalue weighted by Crippen LogP contribution is 2.32. The molecule has 2 aromatic rings. The lowest BCUT2D eigenvalue weighted by molar-refractivity contribution is 0.0170. The van der Waals surface area contributed by atoms with E-state index in [0.717, 1.165) is 42.3 Å². The lowest BCUT2D eigenvalue weighted by Crippen LogP contribution is -2.44. The fraction of sp³-hybridized carbons (Fsp3) is 0.435. The lowest BCUT2D eigenvalue weighted by Gasteiger charge is -2.35. The predicted molar refractivity (Wildman–Crippen MR) is 119 cm³/mol. The Balaban J connectivity index is 1.44. The second-order valence-electron chi connectivity index (χ2n) is 7.51. The maximum atomic E-state index is 13.9. The van der Waals surface area contributed by atoms with Crippen LogP contribution in [0.15, 0.2) is 47.5 Å². The highest BCUT2D eigenvalue weighted by atomic mass is 19.1. The molecule has 0 saturated carbocycles. The van der Waals surface area contributed by atoms with Gasteiger partial charge in [-0.05, 0) is 29.8 Å². The fourth-order valence-corrected chi connectivity index (χ4v) is 3.81. The van der Waals surface area contributed by atoms with E-state index in [0.29, 0.717) is 38.9 Å². The van der Waals surface area contributed by atoms with Crippen molar-refractivity contribution in [2.24, 2.45) is 4.99 Å². The summed E-state index contributed by atoms with van der Waals surface area (Å²) in [5, 5.41) is 6.69. The molecule has 0 aliphatic carbocycles. The summed E-state index contributed by atoms with van der Waals surface area (Å²) >= 11 is 0. The molecule has 2 aliphatic rings. The molecular weight excluding hydrogens is 399 g/mol. The van der Waals surface area contributed by atoms with Gasteiger partial charge >= 0.3 is 0 Å². The van der Waals surface area contributed by atoms with Crippen molar-refractivity contribution in [2.45, 2.75) is 12.5 Å². The molecule has 1 unspecified atom stereocenters. The molecule has 1 atom stereocenters. The van der Waals surface area contributed by atoms with E-state index < -0.39 is 0 Å². The average molecular weight is 429 g/mol. The first-order valence-corrected chi connectivity index (χ1v) is 10.7. The number of hydrogen-bond acceptors (Lipinski definition) is 5. The standard InChI is InChI=1S/C23H29FN4O3/c1-25-23(27-19-6-7-21-22(15-19)31-11-3-10-30-21)26-16-20(28-8-12-29-13-9-28)17-4-2-5-18(24)14-17/h2,4-7,14-15,20H,3,8-13,16H2,1H3,(H2,25,26,27). The van der Waals surface area contributed by atoms with Gasteiger partial charge in [0, 0.05) is 44.9 Å². The number of anilines is 1. The fourth-order valence-electron chi connectivity index (χ4n) is 3.81. The predicted octanol–water partition coefficient (Wildman–Crippen LogP) is 3.05. The van der Waals surface area contributed by atoms with E-state index in [2.05, 4.69) is 20.5 Å². The molecule has 4 rings (SSSR count). The normalized spacial score (nSPS) is 18.2. The molecule has 2 N–H and O–H groups in total. The maximum Gasteiger partial charge on any atom is 0.195 e. The third-order valence-corrected chi connectivity index (χ3v) is 5.42. The van der Waals surface area contributed by atoms with Gasteiger partial charge < -0.3 is 24.8 Å². The molecule has 2 aliphatic heterocycles. The third-order valence-electron chi connectivity index (χ3n) is 5.42. The van der Waals surface area contributed by atoms with Gasteiger partial charge in [-0.25, -0.2) is 4.39 Å². The monoisotopic (exact) mass is 428 g/mol. The van der Waals surface area contributed by atoms with Gasteiger partial charge in [0.05, 0.1) is 32.5 Å². The number of morpholine rings is 1. The molecule has 0 spiro atoms. The minimum atomic E-state index is -0.231. The molecule has 1 fully saturated rings. The number of aliphatic imine (C=N–C) groups is 1. The molecule has 2 aromatic carbocycles. The van der Waals surface area contributed by atoms with Crippen molar-refractivity contribution in [1.29, 1.82) is 0 Å². The van der Waals surface area contributed by atoms with Crippen LogP contribution in [0.5, 0.6) is 11.5 Å². The Morgan fingerprint density at radius 2 is 1.87 bits per heavy atom. The minimum Gasteiger partial charge on any atom is -0.490 e. The Hall–Kier alpha value is -2.84. The Bertz CT molecular complexity index is 902. The summed E-state index contributed by atoms with van der Waals surface area (Å²) in [6, 6.07) is 12.5. The minimum absolute atomic E-state index is 0.00179. The number of hydrogen-bond donors (Lipinski definition) is 2. The molecule has 8 heteroatoms. The molecule has 2 heterocycles. The van der Waals surface area contributed by atoms with Gasteiger partial charge in [-0.15, -0.1) is 0 Å². The molecule has 0 radical (unpaired) electrons. The van der Waals surface area contributed by atoms with Gasteiger partial charge in [0.2, 0.25) is 0 Å². The van der Waals surface area contributed by atoms with Crippen molar-refractivity contribution < 1.29 is 18.6 Å². The number of ether oxygens (including phenoxy) is 3. The van der Waals surface area contributed by atoms with Gasteiger partial charge in [0.15, 0.2) is 17.5 Å². The quantitative estimate of drug-likeness (QED) is 0.564. The Morgan fingerprint density at radius 3 is 2.65 bits per heavy atom. The van der Waals surface area contributed by atoms with Crippen LogP contribution < -0.4 is 20.1 Å². The van der Waals surface area contributed by atoms with Crippen LogP contribution in [0.25, 0.3) is 0 Å². The van der Waals surface area contributed by atoms with Crippen molar-refractivity contribution in [1.82, 2.24) is 10.2 Å². The average Bonchev–Trinajstić information content (AvgIpc) is 3.04. The van der Waals surface area contributed by atoms with Gasteiger partial charge in [0.25, 0.3) is 0 Å². The summed E-state index contributed by atoms with van der Waals surface area (Å²) in [5.41, 5.74) is 1.78. The Morgan fingerprint density at radius 1 is 1.06 bits per heavy atom. The number of nitrogens with zero attached hydrogens (tertiary/aromatic N) is 2. The molecule has 166 valence electrons. The first kappa shape index (κ1) is 21.4. The SMILES string of the molecule is CN=C(NCC(c1cccc(F)c1)N1CCOCC1)Nc1ccc2c(c1)OCCCO2. The van der Waals surface area contributed by atoms with E-state index >= 15 is 0 Å². The third kappa shape index (κ3) is 5.65. The highest BCUT2D eigenvalue weighted by molar-refractivity contribution is 5.93. The largest absolute Gasteiger partial charge is 0.490 e. The van der Waals surface area contributed by atoms with E-state index in [9.17, 15) is 4.39 Å². The van der Waals surface area contributed by atoms with Crippen molar-refractivity contribution in [2.75, 3.05) is 58.4 Å². The second kappa shape index (κ2) is 10.5. The molecule has 1 saturated heterocycles. The van der Waals surface area contributed by atoms with E-state index in [4.69, 9.17) is 14.2 Å². The van der Waals surface area contributed by atoms with Crippen LogP contribution in [0, 0.1) is 5.82 Å². The van der Waals surface area contributed by atoms with Crippen LogP contribution in [0.2, 0.25) is 0 Å². The smallest absolute Gasteiger partial charge is 0.195 e. The van der Waals surface area contributed by atoms with Gasteiger partial charge in [-0.1, -0.05) is 12.1 Å². The molecule has 0 bridgehead atoms. The highest BCUT2D eigenvalue weighted by Gasteiger charge is 2.23. The van der Waals surface area contributed by atoms with E-state index in [1.807, 2.05) is 24.3 Å². The zero-order valence-electron chi connectivity index (χ0n) is 17.8. The topological polar surface area (TPSA) is 67.4 Å². The molecule has 0 aromatic heterocycles. The van der Waals surface area contributed by atoms with Crippen LogP contribution in [-0.2, 0) is 4.74 Å². The molecule has 0 amide bonds. The van der Waals surface area contributed by atoms with Crippen molar-refractivity contribution in [3.05, 3.63) is 53.8 Å². The number of benzene rings is 2. The van der Waals surface area contributed by atoms with E-state index in [1.165, 1.54) is 6.07 Å². The van der Waals surface area contributed by atoms with Crippen LogP contribution in [-0.4, -0.2) is 64.0 Å². The number of nitrogens with one attached hydrogen (secondary N) is 2. The molecular formula is C23H29FN4O3. The number of guanidine groups is 1. The lowest BCUT2D eigenvalue weighted by atomic mass is 10.0. The summed E-state index contributed by atoms with van der Waals surface area (Å²) in [4.78, 5) is 6.66. The Labute approximate surface area is 182 Å². The zero-order valence-corrected chi connectivity index (χ0v) is 17.8. The first-order valence-electron chi connectivity index (χ1n) is 10.7. The summed E-state index contributed by atoms with van der Waals surface area (Å²) in [7, 11) is 1.73. The zero-order chi connectivity index (χ0) is 21.5. The van der Waals surface area contributed by atoms with Crippen molar-refractivity contribution >= 4 is 11.6 Å². The summed E-state index contributed by atoms with van der Waals surface area (Å²) in [5.74, 6) is 1.88. The maximum absolute atomic E-state index is 13.9. The van der Waals surface area contributed by atoms with Crippen LogP contribution in [0.4, 0.5) is 10.1 Å². The van der Waals surface area contributed by atoms with Crippen LogP contribution in [0.1, 0.15) is 18.0 Å². The van der Waals surface area contributed by atoms with E-state index in [-0.39, 0.29) is 11.9 Å². The molecule has 7 nitrogen and oxygen atoms in total. The van der Waals surface area contributed by atoms with Crippen molar-refractivity contribution in [3.63, 3.8) is 0 Å². The van der Waals surface area contributed by atoms with Crippen molar-refractivity contribution in [3.8, 4) is 11.5 Å². The first-order chi connectivity index (χ1) is 15.2. The summed E-state index contributed by atoms with van der Waals surface area (Å²) in [6.45, 7) is 4.83. The second-order valence-corrected chi connectivity index (χ2v) is 7.51. The number of rotatable bonds is 5. The summed E-state index contributed by atoms with van der Waals surface area (Å²) in [6.07, 6.45) is 0.865. The van der Waals surface area contributed by atoms with Crippen LogP contribution in [0.3, 0.4) is 0 Å².